The fourth-order valence-corrected chi connectivity index (χ4v) is 4.90. The minimum atomic E-state index is -3.10. The highest BCUT2D eigenvalue weighted by atomic mass is 32.2. The van der Waals surface area contributed by atoms with Crippen molar-refractivity contribution in [1.29, 1.82) is 0 Å². The predicted molar refractivity (Wildman–Crippen MR) is 103 cm³/mol. The van der Waals surface area contributed by atoms with E-state index in [9.17, 15) is 12.8 Å². The van der Waals surface area contributed by atoms with Crippen molar-refractivity contribution in [2.45, 2.75) is 43.8 Å². The topological polar surface area (TPSA) is 61.8 Å². The molecule has 1 aliphatic heterocycles. The summed E-state index contributed by atoms with van der Waals surface area (Å²) in [5, 5.41) is 3.27. The van der Waals surface area contributed by atoms with Gasteiger partial charge in [0.1, 0.15) is 5.82 Å². The molecule has 0 unspecified atom stereocenters. The molecule has 0 bridgehead atoms. The Balaban J connectivity index is 1.80. The van der Waals surface area contributed by atoms with Crippen LogP contribution < -0.4 is 5.32 Å². The molecule has 0 amide bonds. The molecule has 1 heterocycles. The van der Waals surface area contributed by atoms with Gasteiger partial charge in [0.15, 0.2) is 15.8 Å². The fourth-order valence-electron chi connectivity index (χ4n) is 3.53. The number of aliphatic imine (C=N–C) groups is 1. The molecule has 0 aromatic heterocycles. The first kappa shape index (κ1) is 19.1. The van der Waals surface area contributed by atoms with Crippen molar-refractivity contribution in [1.82, 2.24) is 10.2 Å². The second kappa shape index (κ2) is 6.83. The van der Waals surface area contributed by atoms with Crippen LogP contribution in [0, 0.1) is 5.82 Å². The highest BCUT2D eigenvalue weighted by Gasteiger charge is 2.46. The van der Waals surface area contributed by atoms with E-state index >= 15 is 0 Å². The second-order valence-electron chi connectivity index (χ2n) is 7.93. The van der Waals surface area contributed by atoms with Crippen molar-refractivity contribution in [2.75, 3.05) is 31.9 Å². The van der Waals surface area contributed by atoms with Gasteiger partial charge in [0.05, 0.1) is 17.0 Å². The largest absolute Gasteiger partial charge is 0.357 e. The molecule has 2 aliphatic rings. The lowest BCUT2D eigenvalue weighted by atomic mass is 9.95. The van der Waals surface area contributed by atoms with Crippen LogP contribution >= 0.6 is 0 Å². The van der Waals surface area contributed by atoms with Gasteiger partial charge in [-0.15, -0.1) is 0 Å². The van der Waals surface area contributed by atoms with E-state index in [4.69, 9.17) is 4.99 Å². The van der Waals surface area contributed by atoms with Crippen LogP contribution in [0.15, 0.2) is 29.3 Å². The lowest BCUT2D eigenvalue weighted by Gasteiger charge is -2.39. The summed E-state index contributed by atoms with van der Waals surface area (Å²) in [5.74, 6) is 0.677. The third-order valence-electron chi connectivity index (χ3n) is 5.51. The number of hydrogen-bond donors (Lipinski definition) is 1. The molecular weight excluding hydrogens is 353 g/mol. The summed E-state index contributed by atoms with van der Waals surface area (Å²) in [5.41, 5.74) is 0.518. The Labute approximate surface area is 155 Å². The Morgan fingerprint density at radius 3 is 2.58 bits per heavy atom. The fraction of sp³-hybridized carbons (Fsp3) is 0.632. The summed E-state index contributed by atoms with van der Waals surface area (Å²) in [6.07, 6.45) is 1.85. The SMILES string of the molecule is CCNC(=NCC1(c2ccccc2F)CC1)N1CCS(=O)(=O)C(C)(C)C1. The number of nitrogens with one attached hydrogen (secondary N) is 1. The zero-order chi connectivity index (χ0) is 19.0. The van der Waals surface area contributed by atoms with Crippen LogP contribution in [-0.2, 0) is 15.3 Å². The van der Waals surface area contributed by atoms with Crippen molar-refractivity contribution in [2.24, 2.45) is 4.99 Å². The highest BCUT2D eigenvalue weighted by Crippen LogP contribution is 2.49. The molecule has 1 aliphatic carbocycles. The van der Waals surface area contributed by atoms with Gasteiger partial charge in [-0.1, -0.05) is 18.2 Å². The summed E-state index contributed by atoms with van der Waals surface area (Å²) in [7, 11) is -3.10. The minimum Gasteiger partial charge on any atom is -0.357 e. The Morgan fingerprint density at radius 2 is 2.00 bits per heavy atom. The molecular formula is C19H28FN3O2S. The van der Waals surface area contributed by atoms with Gasteiger partial charge in [0, 0.05) is 25.0 Å². The van der Waals surface area contributed by atoms with Crippen molar-refractivity contribution in [3.05, 3.63) is 35.6 Å². The maximum atomic E-state index is 14.2. The van der Waals surface area contributed by atoms with Gasteiger partial charge < -0.3 is 10.2 Å². The average molecular weight is 382 g/mol. The number of guanidine groups is 1. The molecule has 3 rings (SSSR count). The minimum absolute atomic E-state index is 0.128. The van der Waals surface area contributed by atoms with Crippen molar-refractivity contribution >= 4 is 15.8 Å². The molecule has 0 radical (unpaired) electrons. The number of benzene rings is 1. The van der Waals surface area contributed by atoms with E-state index in [1.807, 2.05) is 24.0 Å². The molecule has 5 nitrogen and oxygen atoms in total. The van der Waals surface area contributed by atoms with E-state index in [2.05, 4.69) is 5.32 Å². The maximum absolute atomic E-state index is 14.2. The molecule has 2 fully saturated rings. The van der Waals surface area contributed by atoms with E-state index in [1.54, 1.807) is 19.9 Å². The molecule has 1 aromatic rings. The van der Waals surface area contributed by atoms with Crippen LogP contribution in [0.4, 0.5) is 4.39 Å². The summed E-state index contributed by atoms with van der Waals surface area (Å²) in [6.45, 7) is 7.58. The van der Waals surface area contributed by atoms with Crippen LogP contribution in [0.25, 0.3) is 0 Å². The van der Waals surface area contributed by atoms with E-state index in [0.717, 1.165) is 24.4 Å². The quantitative estimate of drug-likeness (QED) is 0.642. The zero-order valence-corrected chi connectivity index (χ0v) is 16.6. The number of hydrogen-bond acceptors (Lipinski definition) is 3. The second-order valence-corrected chi connectivity index (χ2v) is 10.7. The Bertz CT molecular complexity index is 801. The predicted octanol–water partition coefficient (Wildman–Crippen LogP) is 2.33. The van der Waals surface area contributed by atoms with Crippen molar-refractivity contribution in [3.8, 4) is 0 Å². The Morgan fingerprint density at radius 1 is 1.31 bits per heavy atom. The molecule has 1 N–H and O–H groups in total. The van der Waals surface area contributed by atoms with Gasteiger partial charge >= 0.3 is 0 Å². The van der Waals surface area contributed by atoms with Gasteiger partial charge in [-0.3, -0.25) is 4.99 Å². The first-order valence-corrected chi connectivity index (χ1v) is 10.9. The van der Waals surface area contributed by atoms with E-state index in [0.29, 0.717) is 26.2 Å². The maximum Gasteiger partial charge on any atom is 0.194 e. The van der Waals surface area contributed by atoms with Crippen LogP contribution in [-0.4, -0.2) is 56.0 Å². The molecule has 26 heavy (non-hydrogen) atoms. The number of halogens is 1. The standard InChI is InChI=1S/C19H28FN3O2S/c1-4-21-17(23-11-12-26(24,25)18(2,3)14-23)22-13-19(9-10-19)15-7-5-6-8-16(15)20/h5-8H,4,9-14H2,1-3H3,(H,21,22). The Hall–Kier alpha value is -1.63. The monoisotopic (exact) mass is 381 g/mol. The number of rotatable bonds is 4. The normalized spacial score (nSPS) is 23.5. The van der Waals surface area contributed by atoms with Gasteiger partial charge in [0.2, 0.25) is 0 Å². The third-order valence-corrected chi connectivity index (χ3v) is 8.04. The van der Waals surface area contributed by atoms with Gasteiger partial charge in [-0.05, 0) is 45.2 Å². The molecule has 1 saturated heterocycles. The van der Waals surface area contributed by atoms with Crippen LogP contribution in [0.5, 0.6) is 0 Å². The number of nitrogens with zero attached hydrogens (tertiary/aromatic N) is 2. The van der Waals surface area contributed by atoms with Crippen LogP contribution in [0.1, 0.15) is 39.2 Å². The molecule has 1 aromatic carbocycles. The average Bonchev–Trinajstić information content (AvgIpc) is 3.35. The van der Waals surface area contributed by atoms with Gasteiger partial charge in [-0.2, -0.15) is 0 Å². The summed E-state index contributed by atoms with van der Waals surface area (Å²) < 4.78 is 37.9. The zero-order valence-electron chi connectivity index (χ0n) is 15.8. The van der Waals surface area contributed by atoms with E-state index in [1.165, 1.54) is 6.07 Å². The summed E-state index contributed by atoms with van der Waals surface area (Å²) >= 11 is 0. The summed E-state index contributed by atoms with van der Waals surface area (Å²) in [4.78, 5) is 6.79. The van der Waals surface area contributed by atoms with Crippen molar-refractivity contribution < 1.29 is 12.8 Å². The lowest BCUT2D eigenvalue weighted by molar-refractivity contribution is 0.352. The smallest absolute Gasteiger partial charge is 0.194 e. The van der Waals surface area contributed by atoms with E-state index < -0.39 is 14.6 Å². The number of sulfone groups is 1. The molecule has 0 atom stereocenters. The third kappa shape index (κ3) is 3.59. The van der Waals surface area contributed by atoms with Gasteiger partial charge in [0.25, 0.3) is 0 Å². The first-order chi connectivity index (χ1) is 12.2. The Kier molecular flexibility index (Phi) is 5.03. The highest BCUT2D eigenvalue weighted by molar-refractivity contribution is 7.92. The molecule has 7 heteroatoms. The molecule has 144 valence electrons. The van der Waals surface area contributed by atoms with Crippen LogP contribution in [0.2, 0.25) is 0 Å². The van der Waals surface area contributed by atoms with Crippen LogP contribution in [0.3, 0.4) is 0 Å². The first-order valence-electron chi connectivity index (χ1n) is 9.21. The van der Waals surface area contributed by atoms with Crippen molar-refractivity contribution in [3.63, 3.8) is 0 Å². The molecule has 1 saturated carbocycles. The van der Waals surface area contributed by atoms with Gasteiger partial charge in [-0.25, -0.2) is 12.8 Å². The summed E-state index contributed by atoms with van der Waals surface area (Å²) in [6, 6.07) is 6.92. The lowest BCUT2D eigenvalue weighted by Crippen LogP contribution is -2.57. The molecule has 0 spiro atoms. The van der Waals surface area contributed by atoms with E-state index in [-0.39, 0.29) is 17.0 Å².